The van der Waals surface area contributed by atoms with Gasteiger partial charge in [0.1, 0.15) is 0 Å². The van der Waals surface area contributed by atoms with Crippen LogP contribution in [0.1, 0.15) is 38.7 Å². The normalized spacial score (nSPS) is 27.7. The molecule has 1 aliphatic rings. The standard InChI is InChI=1S/C20H27N/c1-14-9-15(2)11-19(10-14)20(21)13-16-7-8-17-5-3-4-6-18(17)12-16/h3-8,12,14-15,19-20H,9-11,13,21H2,1-2H3. The molecular weight excluding hydrogens is 254 g/mol. The highest BCUT2D eigenvalue weighted by Crippen LogP contribution is 2.35. The summed E-state index contributed by atoms with van der Waals surface area (Å²) in [5, 5.41) is 2.64. The molecule has 112 valence electrons. The molecule has 1 heteroatoms. The molecule has 0 aromatic heterocycles. The second kappa shape index (κ2) is 6.19. The molecular formula is C20H27N. The van der Waals surface area contributed by atoms with Crippen molar-refractivity contribution in [3.63, 3.8) is 0 Å². The van der Waals surface area contributed by atoms with Crippen molar-refractivity contribution in [1.82, 2.24) is 0 Å². The maximum absolute atomic E-state index is 6.55. The Bertz CT molecular complexity index is 594. The van der Waals surface area contributed by atoms with E-state index in [1.165, 1.54) is 35.6 Å². The van der Waals surface area contributed by atoms with Crippen LogP contribution in [0.2, 0.25) is 0 Å². The fourth-order valence-corrected chi connectivity index (χ4v) is 4.16. The van der Waals surface area contributed by atoms with E-state index >= 15 is 0 Å². The van der Waals surface area contributed by atoms with E-state index in [0.717, 1.165) is 18.3 Å². The molecule has 0 heterocycles. The molecule has 1 fully saturated rings. The number of hydrogen-bond donors (Lipinski definition) is 1. The van der Waals surface area contributed by atoms with Gasteiger partial charge in [0, 0.05) is 6.04 Å². The first-order valence-electron chi connectivity index (χ1n) is 8.35. The monoisotopic (exact) mass is 281 g/mol. The molecule has 0 saturated heterocycles. The second-order valence-electron chi connectivity index (χ2n) is 7.23. The Morgan fingerprint density at radius 1 is 0.952 bits per heavy atom. The van der Waals surface area contributed by atoms with Gasteiger partial charge in [0.05, 0.1) is 0 Å². The second-order valence-corrected chi connectivity index (χ2v) is 7.23. The number of fused-ring (bicyclic) bond motifs is 1. The van der Waals surface area contributed by atoms with Crippen LogP contribution in [0, 0.1) is 17.8 Å². The topological polar surface area (TPSA) is 26.0 Å². The summed E-state index contributed by atoms with van der Waals surface area (Å²) in [7, 11) is 0. The zero-order chi connectivity index (χ0) is 14.8. The highest BCUT2D eigenvalue weighted by atomic mass is 14.7. The zero-order valence-corrected chi connectivity index (χ0v) is 13.3. The predicted molar refractivity (Wildman–Crippen MR) is 91.3 cm³/mol. The van der Waals surface area contributed by atoms with Gasteiger partial charge in [-0.25, -0.2) is 0 Å². The SMILES string of the molecule is CC1CC(C)CC(C(N)Cc2ccc3ccccc3c2)C1. The summed E-state index contributed by atoms with van der Waals surface area (Å²) in [6.07, 6.45) is 4.99. The summed E-state index contributed by atoms with van der Waals surface area (Å²) in [6, 6.07) is 15.6. The molecule has 1 aliphatic carbocycles. The van der Waals surface area contributed by atoms with Gasteiger partial charge in [-0.1, -0.05) is 56.3 Å². The predicted octanol–water partition coefficient (Wildman–Crippen LogP) is 4.78. The summed E-state index contributed by atoms with van der Waals surface area (Å²) in [5.41, 5.74) is 7.93. The molecule has 0 spiro atoms. The quantitative estimate of drug-likeness (QED) is 0.860. The van der Waals surface area contributed by atoms with Gasteiger partial charge < -0.3 is 5.73 Å². The van der Waals surface area contributed by atoms with Gasteiger partial charge >= 0.3 is 0 Å². The molecule has 2 N–H and O–H groups in total. The van der Waals surface area contributed by atoms with Crippen molar-refractivity contribution in [2.24, 2.45) is 23.5 Å². The minimum atomic E-state index is 0.302. The van der Waals surface area contributed by atoms with Gasteiger partial charge in [0.15, 0.2) is 0 Å². The van der Waals surface area contributed by atoms with Gasteiger partial charge in [0.2, 0.25) is 0 Å². The van der Waals surface area contributed by atoms with Crippen LogP contribution in [-0.2, 0) is 6.42 Å². The van der Waals surface area contributed by atoms with Crippen molar-refractivity contribution >= 4 is 10.8 Å². The van der Waals surface area contributed by atoms with E-state index in [0.29, 0.717) is 12.0 Å². The van der Waals surface area contributed by atoms with Crippen LogP contribution in [0.5, 0.6) is 0 Å². The van der Waals surface area contributed by atoms with Crippen molar-refractivity contribution in [3.8, 4) is 0 Å². The zero-order valence-electron chi connectivity index (χ0n) is 13.3. The average Bonchev–Trinajstić information content (AvgIpc) is 2.46. The third kappa shape index (κ3) is 3.47. The smallest absolute Gasteiger partial charge is 0.0108 e. The van der Waals surface area contributed by atoms with E-state index in [9.17, 15) is 0 Å². The number of rotatable bonds is 3. The van der Waals surface area contributed by atoms with E-state index in [1.807, 2.05) is 0 Å². The lowest BCUT2D eigenvalue weighted by Gasteiger charge is -2.35. The van der Waals surface area contributed by atoms with Crippen LogP contribution in [0.3, 0.4) is 0 Å². The van der Waals surface area contributed by atoms with Gasteiger partial charge in [-0.15, -0.1) is 0 Å². The Balaban J connectivity index is 1.72. The Kier molecular flexibility index (Phi) is 4.30. The Morgan fingerprint density at radius 3 is 2.33 bits per heavy atom. The van der Waals surface area contributed by atoms with Crippen LogP contribution in [0.4, 0.5) is 0 Å². The molecule has 2 aromatic carbocycles. The molecule has 0 radical (unpaired) electrons. The van der Waals surface area contributed by atoms with Crippen molar-refractivity contribution in [2.75, 3.05) is 0 Å². The first-order chi connectivity index (χ1) is 10.1. The highest BCUT2D eigenvalue weighted by Gasteiger charge is 2.28. The first kappa shape index (κ1) is 14.6. The molecule has 3 rings (SSSR count). The van der Waals surface area contributed by atoms with Crippen molar-refractivity contribution in [3.05, 3.63) is 48.0 Å². The van der Waals surface area contributed by atoms with Crippen LogP contribution in [0.15, 0.2) is 42.5 Å². The number of nitrogens with two attached hydrogens (primary N) is 1. The Hall–Kier alpha value is -1.34. The molecule has 1 saturated carbocycles. The molecule has 0 bridgehead atoms. The minimum absolute atomic E-state index is 0.302. The van der Waals surface area contributed by atoms with Crippen LogP contribution in [-0.4, -0.2) is 6.04 Å². The maximum Gasteiger partial charge on any atom is 0.0108 e. The van der Waals surface area contributed by atoms with Crippen LogP contribution < -0.4 is 5.73 Å². The van der Waals surface area contributed by atoms with E-state index in [2.05, 4.69) is 56.3 Å². The molecule has 0 aliphatic heterocycles. The fraction of sp³-hybridized carbons (Fsp3) is 0.500. The number of benzene rings is 2. The summed E-state index contributed by atoms with van der Waals surface area (Å²) >= 11 is 0. The molecule has 21 heavy (non-hydrogen) atoms. The van der Waals surface area contributed by atoms with Crippen molar-refractivity contribution in [2.45, 2.75) is 45.6 Å². The van der Waals surface area contributed by atoms with E-state index in [-0.39, 0.29) is 0 Å². The highest BCUT2D eigenvalue weighted by molar-refractivity contribution is 5.82. The van der Waals surface area contributed by atoms with Crippen molar-refractivity contribution in [1.29, 1.82) is 0 Å². The molecule has 3 unspecified atom stereocenters. The summed E-state index contributed by atoms with van der Waals surface area (Å²) in [5.74, 6) is 2.36. The van der Waals surface area contributed by atoms with Gasteiger partial charge in [-0.3, -0.25) is 0 Å². The largest absolute Gasteiger partial charge is 0.327 e. The van der Waals surface area contributed by atoms with Gasteiger partial charge in [0.25, 0.3) is 0 Å². The van der Waals surface area contributed by atoms with Crippen LogP contribution in [0.25, 0.3) is 10.8 Å². The lowest BCUT2D eigenvalue weighted by atomic mass is 9.73. The third-order valence-electron chi connectivity index (χ3n) is 5.11. The van der Waals surface area contributed by atoms with Gasteiger partial charge in [-0.2, -0.15) is 0 Å². The first-order valence-corrected chi connectivity index (χ1v) is 8.35. The number of hydrogen-bond acceptors (Lipinski definition) is 1. The molecule has 0 amide bonds. The molecule has 2 aromatic rings. The molecule has 1 nitrogen and oxygen atoms in total. The minimum Gasteiger partial charge on any atom is -0.327 e. The summed E-state index contributed by atoms with van der Waals surface area (Å²) < 4.78 is 0. The third-order valence-corrected chi connectivity index (χ3v) is 5.11. The summed E-state index contributed by atoms with van der Waals surface area (Å²) in [4.78, 5) is 0. The molecule has 3 atom stereocenters. The Labute approximate surface area is 128 Å². The summed E-state index contributed by atoms with van der Waals surface area (Å²) in [6.45, 7) is 4.76. The van der Waals surface area contributed by atoms with E-state index < -0.39 is 0 Å². The van der Waals surface area contributed by atoms with Crippen molar-refractivity contribution < 1.29 is 0 Å². The lowest BCUT2D eigenvalue weighted by Crippen LogP contribution is -2.37. The maximum atomic E-state index is 6.55. The average molecular weight is 281 g/mol. The van der Waals surface area contributed by atoms with Gasteiger partial charge in [-0.05, 0) is 59.8 Å². The van der Waals surface area contributed by atoms with E-state index in [1.54, 1.807) is 0 Å². The fourth-order valence-electron chi connectivity index (χ4n) is 4.16. The van der Waals surface area contributed by atoms with Crippen LogP contribution >= 0.6 is 0 Å². The lowest BCUT2D eigenvalue weighted by molar-refractivity contribution is 0.192. The van der Waals surface area contributed by atoms with E-state index in [4.69, 9.17) is 5.73 Å². The Morgan fingerprint density at radius 2 is 1.62 bits per heavy atom.